The van der Waals surface area contributed by atoms with E-state index in [2.05, 4.69) is 12.2 Å². The van der Waals surface area contributed by atoms with Gasteiger partial charge in [-0.2, -0.15) is 0 Å². The Morgan fingerprint density at radius 1 is 1.41 bits per heavy atom. The van der Waals surface area contributed by atoms with Crippen molar-refractivity contribution in [3.05, 3.63) is 0 Å². The van der Waals surface area contributed by atoms with Crippen LogP contribution in [0.25, 0.3) is 0 Å². The monoisotopic (exact) mass is 241 g/mol. The first kappa shape index (κ1) is 12.8. The fourth-order valence-electron chi connectivity index (χ4n) is 2.22. The number of ether oxygens (including phenoxy) is 1. The van der Waals surface area contributed by atoms with Crippen molar-refractivity contribution in [3.63, 3.8) is 0 Å². The van der Waals surface area contributed by atoms with E-state index in [0.29, 0.717) is 12.5 Å². The fraction of sp³-hybridized carbons (Fsp3) is 0.923. The maximum absolute atomic E-state index is 11.6. The van der Waals surface area contributed by atoms with Gasteiger partial charge in [-0.1, -0.05) is 6.92 Å². The van der Waals surface area contributed by atoms with E-state index in [-0.39, 0.29) is 5.92 Å². The van der Waals surface area contributed by atoms with Gasteiger partial charge in [-0.05, 0) is 50.5 Å². The van der Waals surface area contributed by atoms with E-state index < -0.39 is 11.5 Å². The zero-order valence-corrected chi connectivity index (χ0v) is 10.6. The predicted octanol–water partition coefficient (Wildman–Crippen LogP) is 1.65. The van der Waals surface area contributed by atoms with E-state index in [4.69, 9.17) is 4.74 Å². The van der Waals surface area contributed by atoms with Gasteiger partial charge in [0.05, 0.1) is 6.61 Å². The molecule has 0 radical (unpaired) electrons. The lowest BCUT2D eigenvalue weighted by Gasteiger charge is -2.30. The highest BCUT2D eigenvalue weighted by atomic mass is 16.5. The summed E-state index contributed by atoms with van der Waals surface area (Å²) in [5.41, 5.74) is -0.828. The molecule has 17 heavy (non-hydrogen) atoms. The maximum atomic E-state index is 11.6. The molecule has 1 unspecified atom stereocenters. The molecule has 0 aromatic rings. The average molecular weight is 241 g/mol. The van der Waals surface area contributed by atoms with E-state index in [1.54, 1.807) is 0 Å². The number of nitrogens with one attached hydrogen (secondary N) is 1. The highest BCUT2D eigenvalue weighted by Crippen LogP contribution is 2.40. The molecule has 1 atom stereocenters. The molecule has 0 aliphatic heterocycles. The second kappa shape index (κ2) is 5.36. The van der Waals surface area contributed by atoms with Crippen LogP contribution in [0.3, 0.4) is 0 Å². The minimum Gasteiger partial charge on any atom is -0.480 e. The number of hydrogen-bond donors (Lipinski definition) is 2. The van der Waals surface area contributed by atoms with Crippen molar-refractivity contribution in [2.45, 2.75) is 44.6 Å². The van der Waals surface area contributed by atoms with E-state index in [1.165, 1.54) is 12.8 Å². The maximum Gasteiger partial charge on any atom is 0.326 e. The van der Waals surface area contributed by atoms with Gasteiger partial charge in [-0.25, -0.2) is 0 Å². The van der Waals surface area contributed by atoms with Gasteiger partial charge in [-0.3, -0.25) is 10.1 Å². The molecular weight excluding hydrogens is 218 g/mol. The Morgan fingerprint density at radius 2 is 2.12 bits per heavy atom. The summed E-state index contributed by atoms with van der Waals surface area (Å²) in [5, 5.41) is 12.7. The summed E-state index contributed by atoms with van der Waals surface area (Å²) in [7, 11) is 0. The Bertz CT molecular complexity index is 274. The molecule has 0 heterocycles. The molecule has 0 amide bonds. The standard InChI is InChI=1S/C13H23NO3/c1-2-7-14-13(12(15)16,11-5-6-11)9-17-8-10-3-4-10/h10-11,14H,2-9H2,1H3,(H,15,16). The molecule has 2 rings (SSSR count). The summed E-state index contributed by atoms with van der Waals surface area (Å²) < 4.78 is 5.64. The predicted molar refractivity (Wildman–Crippen MR) is 64.9 cm³/mol. The zero-order valence-electron chi connectivity index (χ0n) is 10.6. The van der Waals surface area contributed by atoms with Crippen LogP contribution < -0.4 is 5.32 Å². The van der Waals surface area contributed by atoms with Gasteiger partial charge in [-0.15, -0.1) is 0 Å². The highest BCUT2D eigenvalue weighted by Gasteiger charge is 2.51. The number of aliphatic carboxylic acids is 1. The molecule has 4 nitrogen and oxygen atoms in total. The molecule has 0 bridgehead atoms. The van der Waals surface area contributed by atoms with Crippen molar-refractivity contribution in [3.8, 4) is 0 Å². The summed E-state index contributed by atoms with van der Waals surface area (Å²) in [6.07, 6.45) is 5.45. The van der Waals surface area contributed by atoms with Crippen LogP contribution in [0.15, 0.2) is 0 Å². The third-order valence-corrected chi connectivity index (χ3v) is 3.73. The van der Waals surface area contributed by atoms with Crippen LogP contribution in [0.4, 0.5) is 0 Å². The number of carboxylic acids is 1. The number of carbonyl (C=O) groups is 1. The quantitative estimate of drug-likeness (QED) is 0.644. The molecule has 0 spiro atoms. The van der Waals surface area contributed by atoms with E-state index >= 15 is 0 Å². The minimum absolute atomic E-state index is 0.255. The van der Waals surface area contributed by atoms with Crippen LogP contribution >= 0.6 is 0 Å². The van der Waals surface area contributed by atoms with Crippen molar-refractivity contribution >= 4 is 5.97 Å². The molecule has 0 saturated heterocycles. The van der Waals surface area contributed by atoms with Crippen LogP contribution in [0, 0.1) is 11.8 Å². The molecule has 2 aliphatic rings. The van der Waals surface area contributed by atoms with E-state index in [0.717, 1.165) is 32.4 Å². The fourth-order valence-corrected chi connectivity index (χ4v) is 2.22. The van der Waals surface area contributed by atoms with Crippen LogP contribution in [-0.4, -0.2) is 36.4 Å². The Morgan fingerprint density at radius 3 is 2.59 bits per heavy atom. The van der Waals surface area contributed by atoms with Gasteiger partial charge >= 0.3 is 5.97 Å². The first-order valence-corrected chi connectivity index (χ1v) is 6.75. The Kier molecular flexibility index (Phi) is 4.05. The Hall–Kier alpha value is -0.610. The summed E-state index contributed by atoms with van der Waals surface area (Å²) in [4.78, 5) is 11.6. The Balaban J connectivity index is 1.89. The lowest BCUT2D eigenvalue weighted by Crippen LogP contribution is -2.57. The van der Waals surface area contributed by atoms with Crippen molar-refractivity contribution < 1.29 is 14.6 Å². The molecule has 0 aromatic heterocycles. The number of carboxylic acid groups (broad SMARTS) is 1. The van der Waals surface area contributed by atoms with Crippen LogP contribution in [0.1, 0.15) is 39.0 Å². The van der Waals surface area contributed by atoms with Gasteiger partial charge in [0.25, 0.3) is 0 Å². The third-order valence-electron chi connectivity index (χ3n) is 3.73. The summed E-state index contributed by atoms with van der Waals surface area (Å²) in [6.45, 7) is 3.85. The molecule has 2 aliphatic carbocycles. The van der Waals surface area contributed by atoms with Crippen LogP contribution in [0.2, 0.25) is 0 Å². The van der Waals surface area contributed by atoms with Gasteiger partial charge in [0.1, 0.15) is 5.54 Å². The third kappa shape index (κ3) is 3.19. The van der Waals surface area contributed by atoms with Crippen molar-refractivity contribution in [1.82, 2.24) is 5.32 Å². The summed E-state index contributed by atoms with van der Waals surface area (Å²) in [5.74, 6) is 0.196. The highest BCUT2D eigenvalue weighted by molar-refractivity contribution is 5.80. The van der Waals surface area contributed by atoms with Crippen LogP contribution in [-0.2, 0) is 9.53 Å². The first-order chi connectivity index (χ1) is 8.19. The number of hydrogen-bond acceptors (Lipinski definition) is 3. The average Bonchev–Trinajstić information content (AvgIpc) is 3.15. The molecular formula is C13H23NO3. The second-order valence-corrected chi connectivity index (χ2v) is 5.44. The lowest BCUT2D eigenvalue weighted by molar-refractivity contribution is -0.149. The SMILES string of the molecule is CCCNC(COCC1CC1)(C(=O)O)C1CC1. The molecule has 98 valence electrons. The van der Waals surface area contributed by atoms with Crippen molar-refractivity contribution in [1.29, 1.82) is 0 Å². The molecule has 4 heteroatoms. The van der Waals surface area contributed by atoms with E-state index in [9.17, 15) is 9.90 Å². The smallest absolute Gasteiger partial charge is 0.326 e. The van der Waals surface area contributed by atoms with Gasteiger partial charge < -0.3 is 9.84 Å². The Labute approximate surface area is 103 Å². The topological polar surface area (TPSA) is 58.6 Å². The number of rotatable bonds is 9. The molecule has 2 fully saturated rings. The largest absolute Gasteiger partial charge is 0.480 e. The first-order valence-electron chi connectivity index (χ1n) is 6.75. The molecule has 2 saturated carbocycles. The zero-order chi connectivity index (χ0) is 12.3. The van der Waals surface area contributed by atoms with Gasteiger partial charge in [0, 0.05) is 6.61 Å². The van der Waals surface area contributed by atoms with Crippen molar-refractivity contribution in [2.24, 2.45) is 11.8 Å². The molecule has 0 aromatic carbocycles. The summed E-state index contributed by atoms with van der Waals surface area (Å²) >= 11 is 0. The molecule has 2 N–H and O–H groups in total. The van der Waals surface area contributed by atoms with Crippen LogP contribution in [0.5, 0.6) is 0 Å². The van der Waals surface area contributed by atoms with Crippen molar-refractivity contribution in [2.75, 3.05) is 19.8 Å². The minimum atomic E-state index is -0.828. The van der Waals surface area contributed by atoms with Gasteiger partial charge in [0.2, 0.25) is 0 Å². The van der Waals surface area contributed by atoms with E-state index in [1.807, 2.05) is 0 Å². The van der Waals surface area contributed by atoms with Gasteiger partial charge in [0.15, 0.2) is 0 Å². The summed E-state index contributed by atoms with van der Waals surface area (Å²) in [6, 6.07) is 0. The normalized spacial score (nSPS) is 23.4. The lowest BCUT2D eigenvalue weighted by atomic mass is 9.94. The second-order valence-electron chi connectivity index (χ2n) is 5.44.